The van der Waals surface area contributed by atoms with Crippen LogP contribution < -0.4 is 10.1 Å². The summed E-state index contributed by atoms with van der Waals surface area (Å²) in [5.41, 5.74) is 8.25. The quantitative estimate of drug-likeness (QED) is 0.509. The lowest BCUT2D eigenvalue weighted by Crippen LogP contribution is -2.32. The van der Waals surface area contributed by atoms with Gasteiger partial charge in [0.15, 0.2) is 0 Å². The molecule has 0 unspecified atom stereocenters. The normalized spacial score (nSPS) is 17.5. The topological polar surface area (TPSA) is 21.3 Å². The summed E-state index contributed by atoms with van der Waals surface area (Å²) >= 11 is 0. The number of hydrogen-bond acceptors (Lipinski definition) is 2. The van der Waals surface area contributed by atoms with Crippen LogP contribution in [0, 0.1) is 0 Å². The van der Waals surface area contributed by atoms with E-state index in [0.717, 1.165) is 33.9 Å². The van der Waals surface area contributed by atoms with Crippen molar-refractivity contribution in [2.75, 3.05) is 5.32 Å². The molecular weight excluding hydrogens is 342 g/mol. The Balaban J connectivity index is 1.81. The zero-order valence-corrected chi connectivity index (χ0v) is 16.4. The van der Waals surface area contributed by atoms with Gasteiger partial charge in [-0.1, -0.05) is 60.7 Å². The average molecular weight is 365 g/mol. The molecule has 0 saturated carbocycles. The largest absolute Gasteiger partial charge is 0.456 e. The molecule has 2 nitrogen and oxygen atoms in total. The number of rotatable bonds is 1. The van der Waals surface area contributed by atoms with E-state index in [-0.39, 0.29) is 5.54 Å². The van der Waals surface area contributed by atoms with E-state index in [1.54, 1.807) is 0 Å². The molecule has 0 fully saturated rings. The first-order valence-electron chi connectivity index (χ1n) is 9.71. The standard InChI is InChI=1S/C26H23NO/c1-17-16-26(2,3)27-21-14-13-20-19-11-7-8-12-22(19)28-23(25(20)24(17)21)15-18-9-5-4-6-10-18/h4-16,27H,1-3H3/b23-15+. The second-order valence-electron chi connectivity index (χ2n) is 8.10. The summed E-state index contributed by atoms with van der Waals surface area (Å²) in [6.45, 7) is 6.60. The van der Waals surface area contributed by atoms with Gasteiger partial charge in [-0.15, -0.1) is 0 Å². The number of para-hydroxylation sites is 1. The molecule has 2 aliphatic rings. The zero-order chi connectivity index (χ0) is 19.3. The van der Waals surface area contributed by atoms with Crippen LogP contribution in [0.4, 0.5) is 5.69 Å². The maximum absolute atomic E-state index is 6.43. The van der Waals surface area contributed by atoms with Crippen molar-refractivity contribution in [3.8, 4) is 16.9 Å². The summed E-state index contributed by atoms with van der Waals surface area (Å²) in [4.78, 5) is 0. The summed E-state index contributed by atoms with van der Waals surface area (Å²) in [7, 11) is 0. The van der Waals surface area contributed by atoms with Gasteiger partial charge in [-0.25, -0.2) is 0 Å². The maximum Gasteiger partial charge on any atom is 0.136 e. The molecule has 0 amide bonds. The molecule has 3 aromatic rings. The van der Waals surface area contributed by atoms with Crippen molar-refractivity contribution in [1.29, 1.82) is 0 Å². The highest BCUT2D eigenvalue weighted by atomic mass is 16.5. The third-order valence-corrected chi connectivity index (χ3v) is 5.37. The molecule has 0 radical (unpaired) electrons. The highest BCUT2D eigenvalue weighted by Crippen LogP contribution is 2.48. The number of benzene rings is 3. The lowest BCUT2D eigenvalue weighted by molar-refractivity contribution is 0.514. The van der Waals surface area contributed by atoms with Crippen molar-refractivity contribution in [2.45, 2.75) is 26.3 Å². The Morgan fingerprint density at radius 1 is 0.821 bits per heavy atom. The SMILES string of the molecule is CC1=CC(C)(C)Nc2ccc3c(c21)/C(=C\c1ccccc1)Oc1ccccc1-3. The number of fused-ring (bicyclic) bond motifs is 5. The Morgan fingerprint density at radius 2 is 1.57 bits per heavy atom. The Morgan fingerprint density at radius 3 is 2.39 bits per heavy atom. The van der Waals surface area contributed by atoms with Crippen molar-refractivity contribution in [1.82, 2.24) is 0 Å². The van der Waals surface area contributed by atoms with Crippen LogP contribution in [-0.2, 0) is 0 Å². The van der Waals surface area contributed by atoms with Crippen molar-refractivity contribution >= 4 is 23.1 Å². The summed E-state index contributed by atoms with van der Waals surface area (Å²) in [5.74, 6) is 1.80. The third kappa shape index (κ3) is 2.73. The second kappa shape index (κ2) is 6.13. The van der Waals surface area contributed by atoms with Crippen molar-refractivity contribution in [2.24, 2.45) is 0 Å². The number of allylic oxidation sites excluding steroid dienone is 1. The summed E-state index contributed by atoms with van der Waals surface area (Å²) < 4.78 is 6.43. The number of nitrogens with one attached hydrogen (secondary N) is 1. The molecule has 5 rings (SSSR count). The third-order valence-electron chi connectivity index (χ3n) is 5.37. The molecule has 0 bridgehead atoms. The predicted octanol–water partition coefficient (Wildman–Crippen LogP) is 6.85. The summed E-state index contributed by atoms with van der Waals surface area (Å²) in [6, 6.07) is 23.1. The van der Waals surface area contributed by atoms with Crippen LogP contribution in [-0.4, -0.2) is 5.54 Å². The van der Waals surface area contributed by atoms with Crippen molar-refractivity contribution in [3.05, 3.63) is 89.5 Å². The van der Waals surface area contributed by atoms with Gasteiger partial charge in [-0.2, -0.15) is 0 Å². The van der Waals surface area contributed by atoms with Crippen LogP contribution in [0.15, 0.2) is 72.8 Å². The lowest BCUT2D eigenvalue weighted by Gasteiger charge is -2.35. The molecule has 0 aromatic heterocycles. The van der Waals surface area contributed by atoms with Gasteiger partial charge in [0.25, 0.3) is 0 Å². The van der Waals surface area contributed by atoms with Crippen molar-refractivity contribution < 1.29 is 4.74 Å². The monoisotopic (exact) mass is 365 g/mol. The smallest absolute Gasteiger partial charge is 0.136 e. The fraction of sp³-hybridized carbons (Fsp3) is 0.154. The van der Waals surface area contributed by atoms with Crippen LogP contribution in [0.5, 0.6) is 5.75 Å². The molecule has 2 heteroatoms. The molecule has 1 N–H and O–H groups in total. The van der Waals surface area contributed by atoms with Crippen LogP contribution in [0.2, 0.25) is 0 Å². The first-order chi connectivity index (χ1) is 13.5. The molecule has 0 aliphatic carbocycles. The number of hydrogen-bond donors (Lipinski definition) is 1. The van der Waals surface area contributed by atoms with E-state index < -0.39 is 0 Å². The van der Waals surface area contributed by atoms with Crippen LogP contribution in [0.1, 0.15) is 37.5 Å². The number of anilines is 1. The van der Waals surface area contributed by atoms with E-state index in [1.807, 2.05) is 18.2 Å². The Bertz CT molecular complexity index is 1140. The van der Waals surface area contributed by atoms with E-state index >= 15 is 0 Å². The van der Waals surface area contributed by atoms with Gasteiger partial charge in [-0.3, -0.25) is 0 Å². The van der Waals surface area contributed by atoms with E-state index in [4.69, 9.17) is 4.74 Å². The first-order valence-corrected chi connectivity index (χ1v) is 9.71. The summed E-state index contributed by atoms with van der Waals surface area (Å²) in [6.07, 6.45) is 4.44. The van der Waals surface area contributed by atoms with Crippen LogP contribution >= 0.6 is 0 Å². The molecule has 3 aromatic carbocycles. The van der Waals surface area contributed by atoms with Gasteiger partial charge in [0.05, 0.1) is 5.54 Å². The molecule has 0 spiro atoms. The maximum atomic E-state index is 6.43. The lowest BCUT2D eigenvalue weighted by atomic mass is 9.83. The molecule has 2 heterocycles. The second-order valence-corrected chi connectivity index (χ2v) is 8.10. The molecule has 0 saturated heterocycles. The minimum atomic E-state index is -0.0674. The van der Waals surface area contributed by atoms with E-state index in [9.17, 15) is 0 Å². The highest BCUT2D eigenvalue weighted by Gasteiger charge is 2.30. The van der Waals surface area contributed by atoms with E-state index in [2.05, 4.69) is 86.8 Å². The molecule has 0 atom stereocenters. The number of ether oxygens (including phenoxy) is 1. The average Bonchev–Trinajstić information content (AvgIpc) is 2.67. The van der Waals surface area contributed by atoms with E-state index in [0.29, 0.717) is 0 Å². The molecule has 28 heavy (non-hydrogen) atoms. The fourth-order valence-electron chi connectivity index (χ4n) is 4.34. The van der Waals surface area contributed by atoms with Gasteiger partial charge in [0.1, 0.15) is 11.5 Å². The summed E-state index contributed by atoms with van der Waals surface area (Å²) in [5, 5.41) is 3.67. The first kappa shape index (κ1) is 16.9. The minimum Gasteiger partial charge on any atom is -0.456 e. The molecule has 2 aliphatic heterocycles. The molecular formula is C26H23NO. The van der Waals surface area contributed by atoms with Crippen LogP contribution in [0.3, 0.4) is 0 Å². The predicted molar refractivity (Wildman–Crippen MR) is 118 cm³/mol. The zero-order valence-electron chi connectivity index (χ0n) is 16.4. The fourth-order valence-corrected chi connectivity index (χ4v) is 4.34. The minimum absolute atomic E-state index is 0.0674. The van der Waals surface area contributed by atoms with Gasteiger partial charge < -0.3 is 10.1 Å². The van der Waals surface area contributed by atoms with Gasteiger partial charge >= 0.3 is 0 Å². The highest BCUT2D eigenvalue weighted by molar-refractivity contribution is 6.00. The van der Waals surface area contributed by atoms with Gasteiger partial charge in [0.2, 0.25) is 0 Å². The van der Waals surface area contributed by atoms with Crippen molar-refractivity contribution in [3.63, 3.8) is 0 Å². The Kier molecular flexibility index (Phi) is 3.70. The Labute approximate surface area is 166 Å². The van der Waals surface area contributed by atoms with Crippen LogP contribution in [0.25, 0.3) is 28.5 Å². The molecule has 138 valence electrons. The Hall–Kier alpha value is -3.26. The van der Waals surface area contributed by atoms with Gasteiger partial charge in [-0.05, 0) is 55.7 Å². The van der Waals surface area contributed by atoms with E-state index in [1.165, 1.54) is 16.7 Å². The van der Waals surface area contributed by atoms with Gasteiger partial charge in [0, 0.05) is 22.4 Å².